The zero-order valence-corrected chi connectivity index (χ0v) is 17.1. The van der Waals surface area contributed by atoms with Gasteiger partial charge in [0.15, 0.2) is 11.5 Å². The first kappa shape index (κ1) is 18.2. The minimum Gasteiger partial charge on any atom is -0.454 e. The number of sulfonamides is 1. The van der Waals surface area contributed by atoms with E-state index in [0.29, 0.717) is 28.1 Å². The van der Waals surface area contributed by atoms with Crippen molar-refractivity contribution >= 4 is 47.6 Å². The van der Waals surface area contributed by atoms with Crippen LogP contribution in [0, 0.1) is 6.92 Å². The van der Waals surface area contributed by atoms with E-state index in [-0.39, 0.29) is 11.7 Å². The first-order valence-corrected chi connectivity index (χ1v) is 10.6. The highest BCUT2D eigenvalue weighted by atomic mass is 79.9. The standard InChI is InChI=1S/C16H14Br2N2O4S/c1-10-2-4-11(5-3-10)25(21,22)20-19-14(8-17)12-6-15-16(7-13(12)18)24-9-23-15/h2-7,20H,8-9H2,1H3/b19-14+. The molecule has 1 aliphatic heterocycles. The lowest BCUT2D eigenvalue weighted by Crippen LogP contribution is -2.21. The fraction of sp³-hybridized carbons (Fsp3) is 0.188. The Balaban J connectivity index is 1.90. The van der Waals surface area contributed by atoms with Crippen LogP contribution in [0.2, 0.25) is 0 Å². The number of rotatable bonds is 5. The highest BCUT2D eigenvalue weighted by Crippen LogP contribution is 2.37. The summed E-state index contributed by atoms with van der Waals surface area (Å²) < 4.78 is 36.2. The summed E-state index contributed by atoms with van der Waals surface area (Å²) in [4.78, 5) is 2.43. The summed E-state index contributed by atoms with van der Waals surface area (Å²) in [5, 5.41) is 4.42. The van der Waals surface area contributed by atoms with Crippen molar-refractivity contribution in [3.63, 3.8) is 0 Å². The molecule has 0 saturated heterocycles. The summed E-state index contributed by atoms with van der Waals surface area (Å²) in [6.45, 7) is 2.05. The van der Waals surface area contributed by atoms with Crippen LogP contribution in [0.25, 0.3) is 0 Å². The number of hydrogen-bond acceptors (Lipinski definition) is 5. The van der Waals surface area contributed by atoms with Crippen molar-refractivity contribution in [1.82, 2.24) is 4.83 Å². The molecule has 3 rings (SSSR count). The molecule has 1 N–H and O–H groups in total. The number of hydrazone groups is 1. The van der Waals surface area contributed by atoms with Crippen LogP contribution >= 0.6 is 31.9 Å². The maximum atomic E-state index is 12.4. The van der Waals surface area contributed by atoms with Crippen LogP contribution in [-0.4, -0.2) is 26.3 Å². The highest BCUT2D eigenvalue weighted by Gasteiger charge is 2.19. The number of ether oxygens (including phenoxy) is 2. The second kappa shape index (κ2) is 7.35. The van der Waals surface area contributed by atoms with Crippen molar-refractivity contribution in [1.29, 1.82) is 0 Å². The van der Waals surface area contributed by atoms with Gasteiger partial charge in [0, 0.05) is 15.4 Å². The molecule has 25 heavy (non-hydrogen) atoms. The predicted octanol–water partition coefficient (Wildman–Crippen LogP) is 3.56. The maximum absolute atomic E-state index is 12.4. The lowest BCUT2D eigenvalue weighted by atomic mass is 10.1. The first-order valence-electron chi connectivity index (χ1n) is 7.21. The summed E-state index contributed by atoms with van der Waals surface area (Å²) in [7, 11) is -3.74. The third-order valence-electron chi connectivity index (χ3n) is 3.53. The molecule has 1 aliphatic rings. The fourth-order valence-electron chi connectivity index (χ4n) is 2.19. The number of halogens is 2. The van der Waals surface area contributed by atoms with Gasteiger partial charge >= 0.3 is 0 Å². The number of nitrogens with zero attached hydrogens (tertiary/aromatic N) is 1. The van der Waals surface area contributed by atoms with E-state index in [1.807, 2.05) is 6.92 Å². The van der Waals surface area contributed by atoms with Crippen molar-refractivity contribution < 1.29 is 17.9 Å². The van der Waals surface area contributed by atoms with Crippen LogP contribution in [0.15, 0.2) is 50.9 Å². The Morgan fingerprint density at radius 3 is 2.48 bits per heavy atom. The van der Waals surface area contributed by atoms with Crippen LogP contribution < -0.4 is 14.3 Å². The van der Waals surface area contributed by atoms with E-state index < -0.39 is 10.0 Å². The molecule has 0 spiro atoms. The Morgan fingerprint density at radius 1 is 1.20 bits per heavy atom. The second-order valence-electron chi connectivity index (χ2n) is 5.29. The van der Waals surface area contributed by atoms with Gasteiger partial charge in [-0.3, -0.25) is 0 Å². The average Bonchev–Trinajstić information content (AvgIpc) is 3.03. The molecular weight excluding hydrogens is 476 g/mol. The molecule has 0 bridgehead atoms. The molecule has 6 nitrogen and oxygen atoms in total. The number of alkyl halides is 1. The maximum Gasteiger partial charge on any atom is 0.276 e. The van der Waals surface area contributed by atoms with Gasteiger partial charge in [-0.15, -0.1) is 0 Å². The summed E-state index contributed by atoms with van der Waals surface area (Å²) in [6, 6.07) is 10.1. The number of nitrogens with one attached hydrogen (secondary N) is 1. The zero-order valence-electron chi connectivity index (χ0n) is 13.1. The van der Waals surface area contributed by atoms with E-state index in [4.69, 9.17) is 9.47 Å². The quantitative estimate of drug-likeness (QED) is 0.395. The predicted molar refractivity (Wildman–Crippen MR) is 102 cm³/mol. The molecule has 0 saturated carbocycles. The Labute approximate surface area is 162 Å². The van der Waals surface area contributed by atoms with E-state index >= 15 is 0 Å². The van der Waals surface area contributed by atoms with E-state index in [2.05, 4.69) is 41.8 Å². The summed E-state index contributed by atoms with van der Waals surface area (Å²) >= 11 is 6.79. The Kier molecular flexibility index (Phi) is 5.35. The first-order chi connectivity index (χ1) is 11.9. The molecule has 0 atom stereocenters. The molecule has 0 unspecified atom stereocenters. The van der Waals surface area contributed by atoms with Gasteiger partial charge in [-0.2, -0.15) is 18.4 Å². The molecule has 0 amide bonds. The summed E-state index contributed by atoms with van der Waals surface area (Å²) in [6.07, 6.45) is 0. The van der Waals surface area contributed by atoms with Crippen molar-refractivity contribution in [2.24, 2.45) is 5.10 Å². The van der Waals surface area contributed by atoms with Gasteiger partial charge in [-0.1, -0.05) is 33.6 Å². The number of fused-ring (bicyclic) bond motifs is 1. The normalized spacial score (nSPS) is 13.8. The van der Waals surface area contributed by atoms with Crippen LogP contribution in [0.5, 0.6) is 11.5 Å². The molecule has 2 aromatic rings. The second-order valence-corrected chi connectivity index (χ2v) is 8.36. The minimum atomic E-state index is -3.74. The molecule has 0 fully saturated rings. The van der Waals surface area contributed by atoms with Gasteiger partial charge in [0.2, 0.25) is 6.79 Å². The van der Waals surface area contributed by atoms with Crippen molar-refractivity contribution in [3.05, 3.63) is 52.0 Å². The molecule has 1 heterocycles. The lowest BCUT2D eigenvalue weighted by molar-refractivity contribution is 0.174. The van der Waals surface area contributed by atoms with Gasteiger partial charge in [-0.25, -0.2) is 0 Å². The Bertz CT molecular complexity index is 928. The van der Waals surface area contributed by atoms with Crippen LogP contribution in [-0.2, 0) is 10.0 Å². The molecular formula is C16H14Br2N2O4S. The molecule has 132 valence electrons. The monoisotopic (exact) mass is 488 g/mol. The van der Waals surface area contributed by atoms with Gasteiger partial charge in [0.25, 0.3) is 10.0 Å². The largest absolute Gasteiger partial charge is 0.454 e. The molecule has 0 aliphatic carbocycles. The minimum absolute atomic E-state index is 0.153. The van der Waals surface area contributed by atoms with E-state index in [1.165, 1.54) is 12.1 Å². The Hall–Kier alpha value is -1.58. The third kappa shape index (κ3) is 3.99. The Morgan fingerprint density at radius 2 is 1.84 bits per heavy atom. The number of aryl methyl sites for hydroxylation is 1. The molecule has 0 aromatic heterocycles. The van der Waals surface area contributed by atoms with Crippen molar-refractivity contribution in [2.75, 3.05) is 12.1 Å². The highest BCUT2D eigenvalue weighted by molar-refractivity contribution is 9.10. The molecule has 9 heteroatoms. The van der Waals surface area contributed by atoms with Crippen molar-refractivity contribution in [3.8, 4) is 11.5 Å². The topological polar surface area (TPSA) is 77.0 Å². The average molecular weight is 490 g/mol. The van der Waals surface area contributed by atoms with Crippen molar-refractivity contribution in [2.45, 2.75) is 11.8 Å². The van der Waals surface area contributed by atoms with Gasteiger partial charge in [0.05, 0.1) is 10.6 Å². The number of hydrogen-bond donors (Lipinski definition) is 1. The van der Waals surface area contributed by atoms with E-state index in [9.17, 15) is 8.42 Å². The molecule has 2 aromatic carbocycles. The summed E-state index contributed by atoms with van der Waals surface area (Å²) in [5.74, 6) is 1.22. The van der Waals surface area contributed by atoms with Crippen LogP contribution in [0.4, 0.5) is 0 Å². The molecule has 0 radical (unpaired) electrons. The van der Waals surface area contributed by atoms with Gasteiger partial charge < -0.3 is 9.47 Å². The van der Waals surface area contributed by atoms with E-state index in [0.717, 1.165) is 10.0 Å². The zero-order chi connectivity index (χ0) is 18.0. The van der Waals surface area contributed by atoms with Crippen LogP contribution in [0.3, 0.4) is 0 Å². The van der Waals surface area contributed by atoms with Gasteiger partial charge in [0.1, 0.15) is 0 Å². The lowest BCUT2D eigenvalue weighted by Gasteiger charge is -2.09. The van der Waals surface area contributed by atoms with Crippen LogP contribution in [0.1, 0.15) is 11.1 Å². The van der Waals surface area contributed by atoms with Gasteiger partial charge in [-0.05, 0) is 47.1 Å². The summed E-state index contributed by atoms with van der Waals surface area (Å²) in [5.41, 5.74) is 2.18. The third-order valence-corrected chi connectivity index (χ3v) is 5.94. The SMILES string of the molecule is Cc1ccc(S(=O)(=O)N/N=C(\CBr)c2cc3c(cc2Br)OCO3)cc1. The smallest absolute Gasteiger partial charge is 0.276 e. The fourth-order valence-corrected chi connectivity index (χ4v) is 3.99. The number of benzene rings is 2. The van der Waals surface area contributed by atoms with E-state index in [1.54, 1.807) is 24.3 Å².